The molecule has 2 N–H and O–H groups in total. The van der Waals surface area contributed by atoms with Gasteiger partial charge in [0.15, 0.2) is 0 Å². The number of amides is 1. The van der Waals surface area contributed by atoms with Crippen molar-refractivity contribution in [2.45, 2.75) is 26.3 Å². The van der Waals surface area contributed by atoms with Crippen molar-refractivity contribution >= 4 is 28.9 Å². The van der Waals surface area contributed by atoms with Gasteiger partial charge in [0, 0.05) is 22.6 Å². The Bertz CT molecular complexity index is 1120. The molecular weight excluding hydrogens is 384 g/mol. The first-order valence-corrected chi connectivity index (χ1v) is 9.82. The number of benzodiazepines with no additional fused rings is 1. The van der Waals surface area contributed by atoms with E-state index in [1.165, 1.54) is 0 Å². The summed E-state index contributed by atoms with van der Waals surface area (Å²) < 4.78 is 0. The van der Waals surface area contributed by atoms with Crippen LogP contribution in [0.25, 0.3) is 0 Å². The number of aliphatic imine (C=N–C) groups is 1. The summed E-state index contributed by atoms with van der Waals surface area (Å²) in [5.74, 6) is 0.0266. The SMILES string of the molecule is Cc1ccc(C)c(CC2N=C(c3ccc(O)cc3)c3cc(Cl)ccc3NC2=O)c1. The second kappa shape index (κ2) is 7.72. The van der Waals surface area contributed by atoms with Gasteiger partial charge < -0.3 is 10.4 Å². The van der Waals surface area contributed by atoms with Gasteiger partial charge in [0.2, 0.25) is 5.91 Å². The molecule has 0 spiro atoms. The van der Waals surface area contributed by atoms with Crippen molar-refractivity contribution in [3.05, 3.63) is 93.5 Å². The molecule has 0 aliphatic carbocycles. The second-order valence-corrected chi connectivity index (χ2v) is 7.79. The van der Waals surface area contributed by atoms with Crippen molar-refractivity contribution < 1.29 is 9.90 Å². The van der Waals surface area contributed by atoms with Gasteiger partial charge >= 0.3 is 0 Å². The summed E-state index contributed by atoms with van der Waals surface area (Å²) >= 11 is 6.24. The van der Waals surface area contributed by atoms with Gasteiger partial charge in [-0.15, -0.1) is 0 Å². The quantitative estimate of drug-likeness (QED) is 0.640. The number of benzene rings is 3. The lowest BCUT2D eigenvalue weighted by Crippen LogP contribution is -2.28. The van der Waals surface area contributed by atoms with Crippen molar-refractivity contribution in [2.24, 2.45) is 4.99 Å². The van der Waals surface area contributed by atoms with E-state index in [-0.39, 0.29) is 11.7 Å². The smallest absolute Gasteiger partial charge is 0.249 e. The summed E-state index contributed by atoms with van der Waals surface area (Å²) in [6, 6.07) is 17.8. The molecule has 1 aliphatic rings. The lowest BCUT2D eigenvalue weighted by Gasteiger charge is -2.14. The maximum Gasteiger partial charge on any atom is 0.249 e. The standard InChI is InChI=1S/C24H21ClN2O2/c1-14-3-4-15(2)17(11-14)12-22-24(29)27-21-10-7-18(25)13-20(21)23(26-22)16-5-8-19(28)9-6-16/h3-11,13,22,28H,12H2,1-2H3,(H,27,29). The first-order valence-electron chi connectivity index (χ1n) is 9.45. The minimum absolute atomic E-state index is 0.150. The molecule has 0 bridgehead atoms. The van der Waals surface area contributed by atoms with Gasteiger partial charge in [0.1, 0.15) is 11.8 Å². The zero-order valence-electron chi connectivity index (χ0n) is 16.2. The molecule has 0 saturated carbocycles. The number of rotatable bonds is 3. The average molecular weight is 405 g/mol. The zero-order valence-corrected chi connectivity index (χ0v) is 17.0. The number of carbonyl (C=O) groups excluding carboxylic acids is 1. The number of nitrogens with zero attached hydrogens (tertiary/aromatic N) is 1. The number of fused-ring (bicyclic) bond motifs is 1. The first-order chi connectivity index (χ1) is 13.9. The van der Waals surface area contributed by atoms with E-state index in [0.717, 1.165) is 27.8 Å². The zero-order chi connectivity index (χ0) is 20.5. The van der Waals surface area contributed by atoms with Crippen molar-refractivity contribution in [3.63, 3.8) is 0 Å². The molecule has 1 aliphatic heterocycles. The van der Waals surface area contributed by atoms with Gasteiger partial charge in [-0.25, -0.2) is 0 Å². The Labute approximate surface area is 174 Å². The highest BCUT2D eigenvalue weighted by atomic mass is 35.5. The number of nitrogens with one attached hydrogen (secondary N) is 1. The lowest BCUT2D eigenvalue weighted by molar-refractivity contribution is -0.117. The Hall–Kier alpha value is -3.11. The summed E-state index contributed by atoms with van der Waals surface area (Å²) in [6.07, 6.45) is 0.503. The highest BCUT2D eigenvalue weighted by Gasteiger charge is 2.26. The van der Waals surface area contributed by atoms with Crippen molar-refractivity contribution in [2.75, 3.05) is 5.32 Å². The molecule has 1 amide bonds. The van der Waals surface area contributed by atoms with E-state index in [1.54, 1.807) is 36.4 Å². The highest BCUT2D eigenvalue weighted by Crippen LogP contribution is 2.29. The molecule has 1 atom stereocenters. The minimum Gasteiger partial charge on any atom is -0.508 e. The number of phenols is 1. The molecule has 1 heterocycles. The maximum absolute atomic E-state index is 13.0. The van der Waals surface area contributed by atoms with E-state index in [9.17, 15) is 9.90 Å². The summed E-state index contributed by atoms with van der Waals surface area (Å²) in [4.78, 5) is 17.9. The van der Waals surface area contributed by atoms with E-state index in [1.807, 2.05) is 19.9 Å². The number of aryl methyl sites for hydroxylation is 2. The number of hydrogen-bond donors (Lipinski definition) is 2. The Morgan fingerprint density at radius 1 is 1.03 bits per heavy atom. The molecule has 0 radical (unpaired) electrons. The van der Waals surface area contributed by atoms with Crippen LogP contribution in [0.4, 0.5) is 5.69 Å². The predicted molar refractivity (Wildman–Crippen MR) is 117 cm³/mol. The molecular formula is C24H21ClN2O2. The molecule has 0 aromatic heterocycles. The van der Waals surface area contributed by atoms with Crippen LogP contribution in [0, 0.1) is 13.8 Å². The van der Waals surface area contributed by atoms with E-state index >= 15 is 0 Å². The largest absolute Gasteiger partial charge is 0.508 e. The third-order valence-electron chi connectivity index (χ3n) is 5.14. The third kappa shape index (κ3) is 4.03. The predicted octanol–water partition coefficient (Wildman–Crippen LogP) is 5.06. The van der Waals surface area contributed by atoms with Crippen molar-refractivity contribution in [1.82, 2.24) is 0 Å². The van der Waals surface area contributed by atoms with E-state index in [4.69, 9.17) is 16.6 Å². The Balaban J connectivity index is 1.83. The van der Waals surface area contributed by atoms with Crippen molar-refractivity contribution in [1.29, 1.82) is 0 Å². The molecule has 3 aromatic carbocycles. The number of phenolic OH excluding ortho intramolecular Hbond substituents is 1. The summed E-state index contributed by atoms with van der Waals surface area (Å²) in [5, 5.41) is 13.2. The van der Waals surface area contributed by atoms with Gasteiger partial charge in [-0.3, -0.25) is 9.79 Å². The molecule has 5 heteroatoms. The molecule has 146 valence electrons. The normalized spacial score (nSPS) is 15.9. The fourth-order valence-electron chi connectivity index (χ4n) is 3.54. The fraction of sp³-hybridized carbons (Fsp3) is 0.167. The van der Waals surface area contributed by atoms with E-state index < -0.39 is 6.04 Å². The Morgan fingerprint density at radius 3 is 2.55 bits per heavy atom. The molecule has 1 unspecified atom stereocenters. The summed E-state index contributed by atoms with van der Waals surface area (Å²) in [6.45, 7) is 4.08. The molecule has 29 heavy (non-hydrogen) atoms. The van der Waals surface area contributed by atoms with Crippen LogP contribution in [-0.4, -0.2) is 22.8 Å². The number of halogens is 1. The minimum atomic E-state index is -0.578. The van der Waals surface area contributed by atoms with Crippen LogP contribution in [0.15, 0.2) is 65.7 Å². The third-order valence-corrected chi connectivity index (χ3v) is 5.38. The van der Waals surface area contributed by atoms with Crippen LogP contribution in [0.3, 0.4) is 0 Å². The van der Waals surface area contributed by atoms with Gasteiger partial charge in [-0.2, -0.15) is 0 Å². The summed E-state index contributed by atoms with van der Waals surface area (Å²) in [7, 11) is 0. The molecule has 4 nitrogen and oxygen atoms in total. The number of anilines is 1. The second-order valence-electron chi connectivity index (χ2n) is 7.35. The van der Waals surface area contributed by atoms with Gasteiger partial charge in [-0.1, -0.05) is 35.4 Å². The van der Waals surface area contributed by atoms with Crippen LogP contribution in [-0.2, 0) is 11.2 Å². The number of carbonyl (C=O) groups is 1. The maximum atomic E-state index is 13.0. The number of aromatic hydroxyl groups is 1. The van der Waals surface area contributed by atoms with Crippen LogP contribution in [0.2, 0.25) is 5.02 Å². The topological polar surface area (TPSA) is 61.7 Å². The Morgan fingerprint density at radius 2 is 1.79 bits per heavy atom. The summed E-state index contributed by atoms with van der Waals surface area (Å²) in [5.41, 5.74) is 6.31. The van der Waals surface area contributed by atoms with Crippen LogP contribution in [0.5, 0.6) is 5.75 Å². The molecule has 3 aromatic rings. The Kier molecular flexibility index (Phi) is 5.12. The van der Waals surface area contributed by atoms with Gasteiger partial charge in [0.05, 0.1) is 11.4 Å². The van der Waals surface area contributed by atoms with Crippen LogP contribution < -0.4 is 5.32 Å². The van der Waals surface area contributed by atoms with E-state index in [0.29, 0.717) is 22.8 Å². The fourth-order valence-corrected chi connectivity index (χ4v) is 3.71. The van der Waals surface area contributed by atoms with Crippen LogP contribution >= 0.6 is 11.6 Å². The van der Waals surface area contributed by atoms with Gasteiger partial charge in [-0.05, 0) is 67.4 Å². The molecule has 0 saturated heterocycles. The van der Waals surface area contributed by atoms with Crippen LogP contribution in [0.1, 0.15) is 27.8 Å². The lowest BCUT2D eigenvalue weighted by atomic mass is 9.98. The number of hydrogen-bond acceptors (Lipinski definition) is 3. The average Bonchev–Trinajstić information content (AvgIpc) is 2.82. The van der Waals surface area contributed by atoms with Crippen molar-refractivity contribution in [3.8, 4) is 5.75 Å². The first kappa shape index (κ1) is 19.2. The highest BCUT2D eigenvalue weighted by molar-refractivity contribution is 6.32. The molecule has 0 fully saturated rings. The molecule has 4 rings (SSSR count). The van der Waals surface area contributed by atoms with Gasteiger partial charge in [0.25, 0.3) is 0 Å². The van der Waals surface area contributed by atoms with E-state index in [2.05, 4.69) is 23.5 Å². The monoisotopic (exact) mass is 404 g/mol.